The molecule has 4 heterocycles. The van der Waals surface area contributed by atoms with Crippen LogP contribution >= 0.6 is 0 Å². The van der Waals surface area contributed by atoms with Crippen molar-refractivity contribution in [2.45, 2.75) is 38.6 Å². The van der Waals surface area contributed by atoms with Gasteiger partial charge in [-0.25, -0.2) is 9.50 Å². The van der Waals surface area contributed by atoms with Crippen LogP contribution in [0.15, 0.2) is 42.5 Å². The van der Waals surface area contributed by atoms with E-state index in [1.807, 2.05) is 30.9 Å². The molecular weight excluding hydrogens is 376 g/mol. The summed E-state index contributed by atoms with van der Waals surface area (Å²) < 4.78 is 1.76. The van der Waals surface area contributed by atoms with E-state index in [2.05, 4.69) is 51.3 Å². The summed E-state index contributed by atoms with van der Waals surface area (Å²) in [7, 11) is 0. The summed E-state index contributed by atoms with van der Waals surface area (Å²) in [5.41, 5.74) is 11.4. The first kappa shape index (κ1) is 19.2. The molecule has 1 amide bonds. The maximum Gasteiger partial charge on any atom is 0.274 e. The van der Waals surface area contributed by atoms with Crippen LogP contribution in [0.3, 0.4) is 0 Å². The van der Waals surface area contributed by atoms with Crippen LogP contribution in [0.4, 0.5) is 0 Å². The first-order valence-corrected chi connectivity index (χ1v) is 10.8. The molecule has 0 bridgehead atoms. The molecule has 7 heteroatoms. The number of carbonyl (C=O) groups is 1. The third kappa shape index (κ3) is 3.48. The Morgan fingerprint density at radius 2 is 1.87 bits per heavy atom. The van der Waals surface area contributed by atoms with Gasteiger partial charge in [0.15, 0.2) is 11.3 Å². The second-order valence-electron chi connectivity index (χ2n) is 8.54. The molecule has 2 atom stereocenters. The Balaban J connectivity index is 1.27. The zero-order valence-electron chi connectivity index (χ0n) is 17.5. The number of likely N-dealkylation sites (tertiary alicyclic amines) is 1. The fourth-order valence-corrected chi connectivity index (χ4v) is 5.00. The first-order valence-electron chi connectivity index (χ1n) is 10.8. The summed E-state index contributed by atoms with van der Waals surface area (Å²) in [6, 6.07) is 14.9. The van der Waals surface area contributed by atoms with Gasteiger partial charge in [0.2, 0.25) is 0 Å². The molecule has 0 radical (unpaired) electrons. The lowest BCUT2D eigenvalue weighted by molar-refractivity contribution is 0.0663. The van der Waals surface area contributed by atoms with Gasteiger partial charge in [-0.05, 0) is 44.2 Å². The van der Waals surface area contributed by atoms with Crippen molar-refractivity contribution in [3.63, 3.8) is 0 Å². The highest BCUT2D eigenvalue weighted by Crippen LogP contribution is 2.32. The molecule has 2 N–H and O–H groups in total. The smallest absolute Gasteiger partial charge is 0.274 e. The van der Waals surface area contributed by atoms with Gasteiger partial charge in [0.05, 0.1) is 0 Å². The van der Waals surface area contributed by atoms with E-state index in [0.717, 1.165) is 49.5 Å². The van der Waals surface area contributed by atoms with E-state index in [-0.39, 0.29) is 5.91 Å². The van der Waals surface area contributed by atoms with Crippen LogP contribution < -0.4 is 10.9 Å². The van der Waals surface area contributed by atoms with E-state index in [9.17, 15) is 4.79 Å². The van der Waals surface area contributed by atoms with Crippen LogP contribution in [0.25, 0.3) is 5.65 Å². The molecule has 2 saturated heterocycles. The second-order valence-corrected chi connectivity index (χ2v) is 8.54. The van der Waals surface area contributed by atoms with Gasteiger partial charge in [-0.3, -0.25) is 15.6 Å². The third-order valence-electron chi connectivity index (χ3n) is 6.54. The van der Waals surface area contributed by atoms with Crippen molar-refractivity contribution in [1.82, 2.24) is 30.3 Å². The molecule has 2 aliphatic rings. The van der Waals surface area contributed by atoms with Crippen LogP contribution in [0.5, 0.6) is 0 Å². The van der Waals surface area contributed by atoms with E-state index in [1.54, 1.807) is 4.52 Å². The van der Waals surface area contributed by atoms with Crippen molar-refractivity contribution in [3.05, 3.63) is 65.1 Å². The summed E-state index contributed by atoms with van der Waals surface area (Å²) in [6.07, 6.45) is 2.00. The van der Waals surface area contributed by atoms with Gasteiger partial charge < -0.3 is 4.90 Å². The Bertz CT molecular complexity index is 1050. The van der Waals surface area contributed by atoms with E-state index in [0.29, 0.717) is 23.6 Å². The molecule has 2 aliphatic heterocycles. The normalized spacial score (nSPS) is 22.7. The lowest BCUT2D eigenvalue weighted by Crippen LogP contribution is -2.45. The topological polar surface area (TPSA) is 74.6 Å². The standard InChI is InChI=1S/C23H28N6O/c1-15-12-16(2)29-21(25-15)13-20(27-29)23(30)28-10-8-18(9-11-28)22-19(14-24-26-22)17-6-4-3-5-7-17/h3-7,12-13,18-19,22,24,26H,8-11,14H2,1-2H3. The first-order chi connectivity index (χ1) is 14.6. The monoisotopic (exact) mass is 404 g/mol. The van der Waals surface area contributed by atoms with Crippen molar-refractivity contribution in [2.24, 2.45) is 5.92 Å². The van der Waals surface area contributed by atoms with E-state index in [1.165, 1.54) is 5.56 Å². The molecule has 0 saturated carbocycles. The number of aryl methyl sites for hydroxylation is 2. The highest BCUT2D eigenvalue weighted by molar-refractivity contribution is 5.93. The van der Waals surface area contributed by atoms with Gasteiger partial charge in [0.1, 0.15) is 0 Å². The number of piperidine rings is 1. The minimum Gasteiger partial charge on any atom is -0.337 e. The zero-order valence-corrected chi connectivity index (χ0v) is 17.5. The van der Waals surface area contributed by atoms with Gasteiger partial charge in [-0.2, -0.15) is 5.10 Å². The van der Waals surface area contributed by atoms with E-state index < -0.39 is 0 Å². The number of carbonyl (C=O) groups excluding carboxylic acids is 1. The van der Waals surface area contributed by atoms with E-state index >= 15 is 0 Å². The summed E-state index contributed by atoms with van der Waals surface area (Å²) in [4.78, 5) is 19.5. The Labute approximate surface area is 176 Å². The maximum atomic E-state index is 13.1. The molecule has 0 aliphatic carbocycles. The molecule has 0 spiro atoms. The molecule has 2 unspecified atom stereocenters. The molecule has 2 fully saturated rings. The quantitative estimate of drug-likeness (QED) is 0.702. The number of benzene rings is 1. The predicted octanol–water partition coefficient (Wildman–Crippen LogP) is 2.46. The number of aromatic nitrogens is 3. The summed E-state index contributed by atoms with van der Waals surface area (Å²) in [6.45, 7) is 6.42. The lowest BCUT2D eigenvalue weighted by Gasteiger charge is -2.36. The lowest BCUT2D eigenvalue weighted by atomic mass is 9.80. The number of fused-ring (bicyclic) bond motifs is 1. The number of nitrogens with zero attached hydrogens (tertiary/aromatic N) is 4. The summed E-state index contributed by atoms with van der Waals surface area (Å²) >= 11 is 0. The molecule has 7 nitrogen and oxygen atoms in total. The largest absolute Gasteiger partial charge is 0.337 e. The molecule has 2 aromatic heterocycles. The molecule has 5 rings (SSSR count). The Morgan fingerprint density at radius 1 is 1.10 bits per heavy atom. The number of rotatable bonds is 3. The van der Waals surface area contributed by atoms with Gasteiger partial charge in [0.25, 0.3) is 5.91 Å². The van der Waals surface area contributed by atoms with Crippen LogP contribution in [0, 0.1) is 19.8 Å². The molecule has 156 valence electrons. The van der Waals surface area contributed by atoms with Gasteiger partial charge in [0, 0.05) is 49.0 Å². The van der Waals surface area contributed by atoms with Crippen LogP contribution in [-0.4, -0.2) is 51.1 Å². The maximum absolute atomic E-state index is 13.1. The van der Waals surface area contributed by atoms with Gasteiger partial charge in [-0.15, -0.1) is 0 Å². The number of nitrogens with one attached hydrogen (secondary N) is 2. The van der Waals surface area contributed by atoms with Crippen molar-refractivity contribution in [3.8, 4) is 0 Å². The van der Waals surface area contributed by atoms with Crippen molar-refractivity contribution in [1.29, 1.82) is 0 Å². The number of hydrazine groups is 1. The Hall–Kier alpha value is -2.77. The zero-order chi connectivity index (χ0) is 20.7. The van der Waals surface area contributed by atoms with Crippen molar-refractivity contribution < 1.29 is 4.79 Å². The predicted molar refractivity (Wildman–Crippen MR) is 115 cm³/mol. The van der Waals surface area contributed by atoms with Crippen LogP contribution in [-0.2, 0) is 0 Å². The highest BCUT2D eigenvalue weighted by atomic mass is 16.2. The van der Waals surface area contributed by atoms with Crippen molar-refractivity contribution in [2.75, 3.05) is 19.6 Å². The van der Waals surface area contributed by atoms with Gasteiger partial charge >= 0.3 is 0 Å². The Morgan fingerprint density at radius 3 is 2.63 bits per heavy atom. The average molecular weight is 405 g/mol. The Kier molecular flexibility index (Phi) is 5.00. The fourth-order valence-electron chi connectivity index (χ4n) is 5.00. The average Bonchev–Trinajstić information content (AvgIpc) is 3.41. The fraction of sp³-hybridized carbons (Fsp3) is 0.435. The summed E-state index contributed by atoms with van der Waals surface area (Å²) in [5, 5.41) is 4.52. The molecule has 30 heavy (non-hydrogen) atoms. The minimum absolute atomic E-state index is 0.00752. The van der Waals surface area contributed by atoms with Crippen molar-refractivity contribution >= 4 is 11.6 Å². The second kappa shape index (κ2) is 7.81. The number of hydrogen-bond donors (Lipinski definition) is 2. The van der Waals surface area contributed by atoms with Gasteiger partial charge in [-0.1, -0.05) is 30.3 Å². The number of hydrogen-bond acceptors (Lipinski definition) is 5. The molecule has 1 aromatic carbocycles. The van der Waals surface area contributed by atoms with E-state index in [4.69, 9.17) is 0 Å². The SMILES string of the molecule is Cc1cc(C)n2nc(C(=O)N3CCC(C4NNCC4c4ccccc4)CC3)cc2n1. The van der Waals surface area contributed by atoms with Crippen LogP contribution in [0.2, 0.25) is 0 Å². The van der Waals surface area contributed by atoms with Crippen LogP contribution in [0.1, 0.15) is 46.2 Å². The highest BCUT2D eigenvalue weighted by Gasteiger charge is 2.37. The summed E-state index contributed by atoms with van der Waals surface area (Å²) in [5.74, 6) is 1.02. The minimum atomic E-state index is 0.00752. The molecule has 3 aromatic rings. The molecular formula is C23H28N6O. The number of amides is 1. The third-order valence-corrected chi connectivity index (χ3v) is 6.54.